The zero-order valence-corrected chi connectivity index (χ0v) is 18.3. The minimum atomic E-state index is -1.64. The molecule has 5 N–H and O–H groups in total. The molecule has 0 saturated heterocycles. The summed E-state index contributed by atoms with van der Waals surface area (Å²) >= 11 is 0. The van der Waals surface area contributed by atoms with Crippen molar-refractivity contribution in [3.63, 3.8) is 0 Å². The lowest BCUT2D eigenvalue weighted by molar-refractivity contribution is 0.0209. The fourth-order valence-electron chi connectivity index (χ4n) is 3.63. The quantitative estimate of drug-likeness (QED) is 0.332. The highest BCUT2D eigenvalue weighted by Gasteiger charge is 2.40. The molecule has 2 aromatic carbocycles. The molecule has 0 bridgehead atoms. The van der Waals surface area contributed by atoms with Crippen LogP contribution in [0.15, 0.2) is 47.6 Å². The van der Waals surface area contributed by atoms with Crippen LogP contribution < -0.4 is 4.74 Å². The van der Waals surface area contributed by atoms with Crippen LogP contribution in [0.4, 0.5) is 0 Å². The summed E-state index contributed by atoms with van der Waals surface area (Å²) in [5.74, 6) is -2.26. The second-order valence-corrected chi connectivity index (χ2v) is 8.27. The van der Waals surface area contributed by atoms with Gasteiger partial charge in [-0.25, -0.2) is 0 Å². The van der Waals surface area contributed by atoms with E-state index in [1.807, 2.05) is 26.8 Å². The van der Waals surface area contributed by atoms with E-state index in [0.29, 0.717) is 0 Å². The Labute approximate surface area is 186 Å². The lowest BCUT2D eigenvalue weighted by atomic mass is 9.90. The lowest BCUT2D eigenvalue weighted by Crippen LogP contribution is -2.36. The normalized spacial score (nSPS) is 18.1. The molecule has 2 atom stereocenters. The molecule has 0 aliphatic carbocycles. The zero-order valence-electron chi connectivity index (χ0n) is 18.3. The van der Waals surface area contributed by atoms with Crippen LogP contribution in [0.5, 0.6) is 28.7 Å². The van der Waals surface area contributed by atoms with Crippen molar-refractivity contribution >= 4 is 5.78 Å². The van der Waals surface area contributed by atoms with E-state index >= 15 is 0 Å². The fourth-order valence-corrected chi connectivity index (χ4v) is 3.63. The maximum atomic E-state index is 12.9. The Hall–Kier alpha value is -3.45. The van der Waals surface area contributed by atoms with E-state index in [4.69, 9.17) is 4.74 Å². The highest BCUT2D eigenvalue weighted by atomic mass is 16.5. The molecular weight excluding hydrogens is 412 g/mol. The topological polar surface area (TPSA) is 127 Å². The number of carbonyl (C=O) groups excluding carboxylic acids is 1. The second-order valence-electron chi connectivity index (χ2n) is 8.27. The Morgan fingerprint density at radius 1 is 1.00 bits per heavy atom. The van der Waals surface area contributed by atoms with Gasteiger partial charge in [0.15, 0.2) is 23.7 Å². The number of hydrogen-bond donors (Lipinski definition) is 5. The first-order valence-corrected chi connectivity index (χ1v) is 10.4. The third kappa shape index (κ3) is 4.73. The van der Waals surface area contributed by atoms with Crippen LogP contribution in [0.3, 0.4) is 0 Å². The molecule has 7 heteroatoms. The molecule has 1 heterocycles. The Kier molecular flexibility index (Phi) is 6.79. The Morgan fingerprint density at radius 3 is 2.38 bits per heavy atom. The van der Waals surface area contributed by atoms with Crippen LogP contribution in [-0.4, -0.2) is 37.4 Å². The Bertz CT molecular complexity index is 1090. The fraction of sp³-hybridized carbons (Fsp3) is 0.320. The number of rotatable bonds is 6. The monoisotopic (exact) mass is 440 g/mol. The van der Waals surface area contributed by atoms with Crippen LogP contribution in [0.25, 0.3) is 0 Å². The number of ketones is 1. The highest BCUT2D eigenvalue weighted by Crippen LogP contribution is 2.45. The summed E-state index contributed by atoms with van der Waals surface area (Å²) in [6.45, 7) is 6.02. The van der Waals surface area contributed by atoms with Gasteiger partial charge in [-0.2, -0.15) is 0 Å². The van der Waals surface area contributed by atoms with Gasteiger partial charge in [0, 0.05) is 11.6 Å². The molecule has 0 saturated carbocycles. The minimum Gasteiger partial charge on any atom is -0.507 e. The SMILES string of the molecule is CC(C)=CCCC(C)=CCc1c(O)cc2c(c1O)C(=O)[C@@H](O)[C@H](c1ccc(O)c(O)c1)O2. The molecule has 7 nitrogen and oxygen atoms in total. The maximum absolute atomic E-state index is 12.9. The first-order chi connectivity index (χ1) is 15.1. The zero-order chi connectivity index (χ0) is 23.6. The molecule has 1 aliphatic rings. The predicted octanol–water partition coefficient (Wildman–Crippen LogP) is 4.42. The first-order valence-electron chi connectivity index (χ1n) is 10.4. The first kappa shape index (κ1) is 23.2. The summed E-state index contributed by atoms with van der Waals surface area (Å²) in [6.07, 6.45) is 3.13. The van der Waals surface area contributed by atoms with Gasteiger partial charge < -0.3 is 30.3 Å². The van der Waals surface area contributed by atoms with Crippen molar-refractivity contribution in [1.29, 1.82) is 0 Å². The molecule has 3 rings (SSSR count). The number of aliphatic hydroxyl groups excluding tert-OH is 1. The summed E-state index contributed by atoms with van der Waals surface area (Å²) in [5.41, 5.74) is 2.55. The minimum absolute atomic E-state index is 0.0686. The third-order valence-corrected chi connectivity index (χ3v) is 5.48. The van der Waals surface area contributed by atoms with Crippen molar-refractivity contribution in [3.05, 3.63) is 64.3 Å². The molecule has 170 valence electrons. The lowest BCUT2D eigenvalue weighted by Gasteiger charge is -2.31. The van der Waals surface area contributed by atoms with Crippen LogP contribution in [0, 0.1) is 0 Å². The summed E-state index contributed by atoms with van der Waals surface area (Å²) in [4.78, 5) is 12.9. The summed E-state index contributed by atoms with van der Waals surface area (Å²) < 4.78 is 5.71. The molecular formula is C25H28O7. The van der Waals surface area contributed by atoms with E-state index < -0.39 is 29.5 Å². The number of aliphatic hydroxyl groups is 1. The van der Waals surface area contributed by atoms with E-state index in [1.165, 1.54) is 29.8 Å². The molecule has 0 aromatic heterocycles. The maximum Gasteiger partial charge on any atom is 0.202 e. The Balaban J connectivity index is 1.89. The predicted molar refractivity (Wildman–Crippen MR) is 119 cm³/mol. The van der Waals surface area contributed by atoms with Gasteiger partial charge in [0.25, 0.3) is 0 Å². The van der Waals surface area contributed by atoms with Crippen molar-refractivity contribution in [2.45, 2.75) is 52.2 Å². The summed E-state index contributed by atoms with van der Waals surface area (Å²) in [7, 11) is 0. The third-order valence-electron chi connectivity index (χ3n) is 5.48. The number of phenols is 4. The Morgan fingerprint density at radius 2 is 1.72 bits per heavy atom. The van der Waals surface area contributed by atoms with Crippen molar-refractivity contribution in [1.82, 2.24) is 0 Å². The molecule has 0 fully saturated rings. The number of phenolic OH excluding ortho intramolecular Hbond substituents is 4. The van der Waals surface area contributed by atoms with E-state index in [1.54, 1.807) is 0 Å². The number of Topliss-reactive ketones (excluding diaryl/α,β-unsaturated/α-hetero) is 1. The van der Waals surface area contributed by atoms with Gasteiger partial charge in [-0.05, 0) is 57.7 Å². The van der Waals surface area contributed by atoms with Gasteiger partial charge in [-0.15, -0.1) is 0 Å². The average molecular weight is 440 g/mol. The number of fused-ring (bicyclic) bond motifs is 1. The number of benzene rings is 2. The standard InChI is InChI=1S/C25H28O7/c1-13(2)5-4-6-14(3)7-9-16-18(27)12-20-21(22(16)29)23(30)24(31)25(32-20)15-8-10-17(26)19(28)11-15/h5,7-8,10-12,24-29,31H,4,6,9H2,1-3H3/t24-,25+/m1/s1. The van der Waals surface area contributed by atoms with Crippen LogP contribution in [-0.2, 0) is 6.42 Å². The molecule has 32 heavy (non-hydrogen) atoms. The van der Waals surface area contributed by atoms with Gasteiger partial charge in [0.1, 0.15) is 22.8 Å². The smallest absolute Gasteiger partial charge is 0.202 e. The number of ether oxygens (including phenoxy) is 1. The van der Waals surface area contributed by atoms with Crippen LogP contribution >= 0.6 is 0 Å². The summed E-state index contributed by atoms with van der Waals surface area (Å²) in [6, 6.07) is 5.04. The number of aromatic hydroxyl groups is 4. The van der Waals surface area contributed by atoms with E-state index in [0.717, 1.165) is 18.4 Å². The largest absolute Gasteiger partial charge is 0.507 e. The molecule has 0 amide bonds. The molecule has 2 aromatic rings. The highest BCUT2D eigenvalue weighted by molar-refractivity contribution is 6.06. The molecule has 0 radical (unpaired) electrons. The number of hydrogen-bond acceptors (Lipinski definition) is 7. The van der Waals surface area contributed by atoms with Crippen molar-refractivity contribution in [2.75, 3.05) is 0 Å². The molecule has 1 aliphatic heterocycles. The van der Waals surface area contributed by atoms with Crippen LogP contribution in [0.1, 0.15) is 61.2 Å². The number of carbonyl (C=O) groups is 1. The van der Waals surface area contributed by atoms with E-state index in [2.05, 4.69) is 6.08 Å². The van der Waals surface area contributed by atoms with Gasteiger partial charge in [-0.3, -0.25) is 4.79 Å². The van der Waals surface area contributed by atoms with Gasteiger partial charge >= 0.3 is 0 Å². The summed E-state index contributed by atoms with van der Waals surface area (Å²) in [5, 5.41) is 50.9. The molecule has 0 spiro atoms. The van der Waals surface area contributed by atoms with Crippen molar-refractivity contribution in [3.8, 4) is 28.7 Å². The second kappa shape index (κ2) is 9.36. The van der Waals surface area contributed by atoms with E-state index in [-0.39, 0.29) is 40.4 Å². The van der Waals surface area contributed by atoms with Gasteiger partial charge in [0.05, 0.1) is 0 Å². The van der Waals surface area contributed by atoms with E-state index in [9.17, 15) is 30.3 Å². The number of allylic oxidation sites excluding steroid dienone is 4. The average Bonchev–Trinajstić information content (AvgIpc) is 2.72. The van der Waals surface area contributed by atoms with Gasteiger partial charge in [0.2, 0.25) is 5.78 Å². The van der Waals surface area contributed by atoms with Crippen molar-refractivity contribution < 1.29 is 35.1 Å². The molecule has 0 unspecified atom stereocenters. The van der Waals surface area contributed by atoms with Crippen LogP contribution in [0.2, 0.25) is 0 Å². The van der Waals surface area contributed by atoms with Gasteiger partial charge in [-0.1, -0.05) is 29.4 Å². The van der Waals surface area contributed by atoms with Crippen molar-refractivity contribution in [2.24, 2.45) is 0 Å².